The number of aromatic amines is 1. The number of aromatic nitrogens is 1. The molecule has 1 saturated heterocycles. The molecule has 1 fully saturated rings. The summed E-state index contributed by atoms with van der Waals surface area (Å²) in [6.45, 7) is 6.02. The second-order valence-electron chi connectivity index (χ2n) is 6.82. The van der Waals surface area contributed by atoms with Crippen molar-refractivity contribution in [1.29, 1.82) is 0 Å². The highest BCUT2D eigenvalue weighted by Crippen LogP contribution is 2.32. The molecular formula is C19H24FN3O. The lowest BCUT2D eigenvalue weighted by Crippen LogP contribution is -2.48. The fourth-order valence-corrected chi connectivity index (χ4v) is 3.80. The highest BCUT2D eigenvalue weighted by molar-refractivity contribution is 5.88. The van der Waals surface area contributed by atoms with E-state index >= 15 is 0 Å². The van der Waals surface area contributed by atoms with Crippen LogP contribution < -0.4 is 4.74 Å². The molecule has 4 rings (SSSR count). The summed E-state index contributed by atoms with van der Waals surface area (Å²) in [6.07, 6.45) is 4.61. The average molecular weight is 329 g/mol. The number of rotatable bonds is 4. The Bertz CT molecular complexity index is 776. The summed E-state index contributed by atoms with van der Waals surface area (Å²) in [5.41, 5.74) is 4.94. The van der Waals surface area contributed by atoms with E-state index in [1.807, 2.05) is 6.20 Å². The third-order valence-corrected chi connectivity index (χ3v) is 5.23. The maximum atomic E-state index is 13.0. The molecule has 2 aromatic rings. The molecule has 2 aliphatic heterocycles. The van der Waals surface area contributed by atoms with Crippen LogP contribution in [-0.2, 0) is 6.54 Å². The summed E-state index contributed by atoms with van der Waals surface area (Å²) in [6, 6.07) is 4.24. The van der Waals surface area contributed by atoms with E-state index < -0.39 is 6.17 Å². The Morgan fingerprint density at radius 1 is 1.38 bits per heavy atom. The lowest BCUT2D eigenvalue weighted by Gasteiger charge is -2.41. The molecule has 5 heteroatoms. The topological polar surface area (TPSA) is 31.5 Å². The number of nitrogens with zero attached hydrogens (tertiary/aromatic N) is 2. The molecular weight excluding hydrogens is 305 g/mol. The fourth-order valence-electron chi connectivity index (χ4n) is 3.80. The van der Waals surface area contributed by atoms with E-state index in [0.717, 1.165) is 31.8 Å². The van der Waals surface area contributed by atoms with Gasteiger partial charge in [-0.15, -0.1) is 0 Å². The van der Waals surface area contributed by atoms with Gasteiger partial charge in [0.2, 0.25) is 0 Å². The first-order chi connectivity index (χ1) is 11.7. The molecule has 2 aliphatic rings. The molecule has 1 aromatic heterocycles. The number of ether oxygens (including phenoxy) is 1. The van der Waals surface area contributed by atoms with E-state index in [2.05, 4.69) is 39.9 Å². The number of nitrogens with one attached hydrogen (secondary N) is 1. The van der Waals surface area contributed by atoms with Crippen molar-refractivity contribution in [3.63, 3.8) is 0 Å². The number of H-pyrrole nitrogens is 1. The van der Waals surface area contributed by atoms with Crippen molar-refractivity contribution in [2.24, 2.45) is 0 Å². The first-order valence-electron chi connectivity index (χ1n) is 8.59. The third-order valence-electron chi connectivity index (χ3n) is 5.23. The van der Waals surface area contributed by atoms with Gasteiger partial charge < -0.3 is 14.6 Å². The van der Waals surface area contributed by atoms with Crippen LogP contribution >= 0.6 is 0 Å². The van der Waals surface area contributed by atoms with Crippen molar-refractivity contribution in [1.82, 2.24) is 14.8 Å². The van der Waals surface area contributed by atoms with Gasteiger partial charge in [-0.25, -0.2) is 4.39 Å². The zero-order valence-electron chi connectivity index (χ0n) is 14.3. The minimum atomic E-state index is -0.636. The maximum absolute atomic E-state index is 13.0. The molecule has 0 unspecified atom stereocenters. The van der Waals surface area contributed by atoms with Gasteiger partial charge in [0, 0.05) is 48.0 Å². The number of fused-ring (bicyclic) bond motifs is 1. The van der Waals surface area contributed by atoms with Crippen molar-refractivity contribution in [3.05, 3.63) is 41.2 Å². The van der Waals surface area contributed by atoms with Crippen LogP contribution in [0.3, 0.4) is 0 Å². The largest absolute Gasteiger partial charge is 0.496 e. The zero-order chi connectivity index (χ0) is 16.7. The second kappa shape index (κ2) is 6.13. The summed E-state index contributed by atoms with van der Waals surface area (Å²) < 4.78 is 18.7. The summed E-state index contributed by atoms with van der Waals surface area (Å²) >= 11 is 0. The number of alkyl halides is 1. The van der Waals surface area contributed by atoms with Gasteiger partial charge in [0.15, 0.2) is 0 Å². The van der Waals surface area contributed by atoms with Gasteiger partial charge >= 0.3 is 0 Å². The van der Waals surface area contributed by atoms with Crippen LogP contribution in [0.2, 0.25) is 0 Å². The second-order valence-corrected chi connectivity index (χ2v) is 6.82. The molecule has 24 heavy (non-hydrogen) atoms. The van der Waals surface area contributed by atoms with Gasteiger partial charge in [0.05, 0.1) is 20.2 Å². The highest BCUT2D eigenvalue weighted by atomic mass is 19.1. The smallest absolute Gasteiger partial charge is 0.135 e. The van der Waals surface area contributed by atoms with E-state index in [1.165, 1.54) is 27.7 Å². The van der Waals surface area contributed by atoms with Crippen LogP contribution in [0.1, 0.15) is 17.5 Å². The molecule has 0 spiro atoms. The lowest BCUT2D eigenvalue weighted by atomic mass is 10.0. The number of hydrogen-bond donors (Lipinski definition) is 1. The van der Waals surface area contributed by atoms with Gasteiger partial charge in [-0.2, -0.15) is 0 Å². The van der Waals surface area contributed by atoms with E-state index in [9.17, 15) is 4.39 Å². The zero-order valence-corrected chi connectivity index (χ0v) is 14.3. The molecule has 0 aliphatic carbocycles. The predicted octanol–water partition coefficient (Wildman–Crippen LogP) is 3.23. The van der Waals surface area contributed by atoms with E-state index in [0.29, 0.717) is 13.1 Å². The van der Waals surface area contributed by atoms with Crippen molar-refractivity contribution in [2.45, 2.75) is 26.1 Å². The molecule has 128 valence electrons. The Morgan fingerprint density at radius 2 is 2.21 bits per heavy atom. The van der Waals surface area contributed by atoms with Crippen molar-refractivity contribution in [2.75, 3.05) is 33.3 Å². The molecule has 0 atom stereocenters. The molecule has 0 amide bonds. The Kier molecular flexibility index (Phi) is 3.96. The standard InChI is InChI=1S/C19H24FN3O/c1-13-9-18(24-2)17(16-3-6-21-19(13)16)12-22-7-4-15(5-8-22)23-10-14(20)11-23/h3-4,6,9,14,21H,5,7-8,10-12H2,1-2H3. The van der Waals surface area contributed by atoms with E-state index in [4.69, 9.17) is 4.74 Å². The number of benzene rings is 1. The lowest BCUT2D eigenvalue weighted by molar-refractivity contribution is 0.0883. The van der Waals surface area contributed by atoms with E-state index in [1.54, 1.807) is 7.11 Å². The molecule has 0 saturated carbocycles. The van der Waals surface area contributed by atoms with Crippen LogP contribution in [0.5, 0.6) is 5.75 Å². The van der Waals surface area contributed by atoms with Gasteiger partial charge in [-0.05, 0) is 31.0 Å². The maximum Gasteiger partial charge on any atom is 0.135 e. The Morgan fingerprint density at radius 3 is 2.88 bits per heavy atom. The molecule has 0 radical (unpaired) electrons. The molecule has 3 heterocycles. The number of hydrogen-bond acceptors (Lipinski definition) is 3. The number of aryl methyl sites for hydroxylation is 1. The van der Waals surface area contributed by atoms with Crippen LogP contribution in [-0.4, -0.2) is 54.2 Å². The van der Waals surface area contributed by atoms with Gasteiger partial charge in [0.25, 0.3) is 0 Å². The monoisotopic (exact) mass is 329 g/mol. The molecule has 1 aromatic carbocycles. The van der Waals surface area contributed by atoms with Crippen LogP contribution in [0.4, 0.5) is 4.39 Å². The average Bonchev–Trinajstić information content (AvgIpc) is 3.05. The van der Waals surface area contributed by atoms with Crippen LogP contribution in [0.15, 0.2) is 30.1 Å². The van der Waals surface area contributed by atoms with Crippen LogP contribution in [0, 0.1) is 6.92 Å². The molecule has 0 bridgehead atoms. The van der Waals surface area contributed by atoms with Gasteiger partial charge in [0.1, 0.15) is 11.9 Å². The first-order valence-corrected chi connectivity index (χ1v) is 8.59. The highest BCUT2D eigenvalue weighted by Gasteiger charge is 2.29. The normalized spacial score (nSPS) is 19.5. The van der Waals surface area contributed by atoms with E-state index in [-0.39, 0.29) is 0 Å². The SMILES string of the molecule is COc1cc(C)c2[nH]ccc2c1CN1CC=C(N2CC(F)C2)CC1. The van der Waals surface area contributed by atoms with Gasteiger partial charge in [-0.3, -0.25) is 4.90 Å². The summed E-state index contributed by atoms with van der Waals surface area (Å²) in [5, 5.41) is 1.24. The predicted molar refractivity (Wildman–Crippen MR) is 94.0 cm³/mol. The molecule has 4 nitrogen and oxygen atoms in total. The van der Waals surface area contributed by atoms with Crippen molar-refractivity contribution in [3.8, 4) is 5.75 Å². The van der Waals surface area contributed by atoms with Crippen molar-refractivity contribution >= 4 is 10.9 Å². The van der Waals surface area contributed by atoms with Gasteiger partial charge in [-0.1, -0.05) is 6.08 Å². The fraction of sp³-hybridized carbons (Fsp3) is 0.474. The minimum absolute atomic E-state index is 0.571. The quantitative estimate of drug-likeness (QED) is 0.934. The molecule has 1 N–H and O–H groups in total. The number of halogens is 1. The third kappa shape index (κ3) is 2.67. The Balaban J connectivity index is 1.53. The Hall–Kier alpha value is -2.01. The summed E-state index contributed by atoms with van der Waals surface area (Å²) in [7, 11) is 1.74. The first kappa shape index (κ1) is 15.5. The van der Waals surface area contributed by atoms with Crippen LogP contribution in [0.25, 0.3) is 10.9 Å². The van der Waals surface area contributed by atoms with Crippen molar-refractivity contribution < 1.29 is 9.13 Å². The summed E-state index contributed by atoms with van der Waals surface area (Å²) in [4.78, 5) is 7.92. The minimum Gasteiger partial charge on any atom is -0.496 e. The summed E-state index contributed by atoms with van der Waals surface area (Å²) in [5.74, 6) is 0.956. The number of likely N-dealkylation sites (tertiary alicyclic amines) is 1. The Labute approximate surface area is 141 Å². The number of methoxy groups -OCH3 is 1.